The molecule has 13 nitrogen and oxygen atoms in total. The predicted molar refractivity (Wildman–Crippen MR) is 216 cm³/mol. The second-order valence-electron chi connectivity index (χ2n) is 20.3. The van der Waals surface area contributed by atoms with Crippen molar-refractivity contribution >= 4 is 29.8 Å². The summed E-state index contributed by atoms with van der Waals surface area (Å²) >= 11 is 0. The third-order valence-electron chi connectivity index (χ3n) is 15.9. The number of allylic oxidation sites excluding steroid dienone is 2. The van der Waals surface area contributed by atoms with Gasteiger partial charge in [0, 0.05) is 40.5 Å². The molecule has 0 bridgehead atoms. The average Bonchev–Trinajstić information content (AvgIpc) is 3.48. The summed E-state index contributed by atoms with van der Waals surface area (Å²) in [5.41, 5.74) is -0.574. The fraction of sp³-hybridized carbons (Fsp3) is 0.848. The van der Waals surface area contributed by atoms with Crippen molar-refractivity contribution in [2.45, 2.75) is 196 Å². The molecule has 4 aliphatic carbocycles. The van der Waals surface area contributed by atoms with Gasteiger partial charge >= 0.3 is 29.8 Å². The second kappa shape index (κ2) is 17.4. The third kappa shape index (κ3) is 9.13. The maximum atomic E-state index is 12.9. The van der Waals surface area contributed by atoms with Gasteiger partial charge in [-0.25, -0.2) is 0 Å². The van der Waals surface area contributed by atoms with Gasteiger partial charge in [0.25, 0.3) is 0 Å². The highest BCUT2D eigenvalue weighted by Gasteiger charge is 2.72. The Labute approximate surface area is 351 Å². The molecular weight excluding hydrogens is 760 g/mol. The van der Waals surface area contributed by atoms with Gasteiger partial charge in [0.1, 0.15) is 18.8 Å². The molecule has 1 saturated heterocycles. The third-order valence-corrected chi connectivity index (χ3v) is 15.9. The van der Waals surface area contributed by atoms with E-state index in [1.165, 1.54) is 40.2 Å². The van der Waals surface area contributed by atoms with Gasteiger partial charge in [0.2, 0.25) is 0 Å². The van der Waals surface area contributed by atoms with Crippen LogP contribution in [0.15, 0.2) is 11.6 Å². The van der Waals surface area contributed by atoms with Crippen molar-refractivity contribution < 1.29 is 62.2 Å². The quantitative estimate of drug-likeness (QED) is 0.0909. The summed E-state index contributed by atoms with van der Waals surface area (Å²) in [4.78, 5) is 62.1. The van der Waals surface area contributed by atoms with Crippen molar-refractivity contribution in [1.29, 1.82) is 0 Å². The Bertz CT molecular complexity index is 1630. The van der Waals surface area contributed by atoms with Gasteiger partial charge in [0.15, 0.2) is 24.6 Å². The number of hydrogen-bond donors (Lipinski definition) is 1. The summed E-state index contributed by atoms with van der Waals surface area (Å²) in [6.07, 6.45) is 2.49. The minimum atomic E-state index is -1.32. The van der Waals surface area contributed by atoms with Gasteiger partial charge in [-0.05, 0) is 118 Å². The molecule has 0 amide bonds. The number of ether oxygens (including phenoxy) is 7. The highest BCUT2D eigenvalue weighted by Crippen LogP contribution is 2.76. The molecule has 334 valence electrons. The lowest BCUT2D eigenvalue weighted by Gasteiger charge is -2.71. The van der Waals surface area contributed by atoms with Crippen molar-refractivity contribution in [3.63, 3.8) is 0 Å². The minimum Gasteiger partial charge on any atom is -0.463 e. The molecule has 0 spiro atoms. The number of rotatable bonds is 12. The van der Waals surface area contributed by atoms with Crippen LogP contribution < -0.4 is 0 Å². The smallest absolute Gasteiger partial charge is 0.303 e. The second-order valence-corrected chi connectivity index (χ2v) is 20.3. The number of carbonyl (C=O) groups excluding carboxylic acids is 5. The molecule has 0 aromatic rings. The molecule has 15 atom stereocenters. The monoisotopic (exact) mass is 832 g/mol. The van der Waals surface area contributed by atoms with Gasteiger partial charge in [-0.2, -0.15) is 0 Å². The molecule has 1 N–H and O–H groups in total. The SMILES string of the molecule is CC(=O)OC[C@H]1O[C@@H](O[C@H]2CC[C@]3(C)[C@H]4C[C@@H](OC(C)=O)[C@@H]5[C@@H]([C@@](C)(O)CCC=C(C)C)CC[C@@]5(C)[C@]4(C)CC[C@H]3C2(C)C)[C@H](OC(C)=O)[C@@H](OC(C)=O)[C@@H]1OC(C)=O. The van der Waals surface area contributed by atoms with Gasteiger partial charge in [-0.15, -0.1) is 0 Å². The molecule has 1 heterocycles. The number of carbonyl (C=O) groups is 5. The zero-order chi connectivity index (χ0) is 44.0. The maximum absolute atomic E-state index is 12.9. The Kier molecular flexibility index (Phi) is 13.9. The summed E-state index contributed by atoms with van der Waals surface area (Å²) < 4.78 is 42.0. The Morgan fingerprint density at radius 2 is 1.29 bits per heavy atom. The van der Waals surface area contributed by atoms with Crippen molar-refractivity contribution in [2.75, 3.05) is 6.61 Å². The lowest BCUT2D eigenvalue weighted by atomic mass is 9.35. The van der Waals surface area contributed by atoms with Crippen molar-refractivity contribution in [2.24, 2.45) is 45.3 Å². The molecule has 0 aromatic heterocycles. The van der Waals surface area contributed by atoms with E-state index in [9.17, 15) is 29.1 Å². The van der Waals surface area contributed by atoms with Crippen molar-refractivity contribution in [3.05, 3.63) is 11.6 Å². The molecule has 5 fully saturated rings. The van der Waals surface area contributed by atoms with Crippen molar-refractivity contribution in [1.82, 2.24) is 0 Å². The van der Waals surface area contributed by atoms with Crippen LogP contribution in [0.3, 0.4) is 0 Å². The first-order valence-electron chi connectivity index (χ1n) is 21.8. The topological polar surface area (TPSA) is 170 Å². The van der Waals surface area contributed by atoms with E-state index >= 15 is 0 Å². The van der Waals surface area contributed by atoms with Crippen LogP contribution in [0.5, 0.6) is 0 Å². The van der Waals surface area contributed by atoms with Crippen LogP contribution in [0.1, 0.15) is 148 Å². The number of hydrogen-bond acceptors (Lipinski definition) is 13. The normalized spacial score (nSPS) is 40.7. The first-order chi connectivity index (χ1) is 27.3. The first-order valence-corrected chi connectivity index (χ1v) is 21.8. The fourth-order valence-electron chi connectivity index (χ4n) is 13.3. The summed E-state index contributed by atoms with van der Waals surface area (Å²) in [6, 6.07) is 0. The van der Waals surface area contributed by atoms with E-state index in [-0.39, 0.29) is 58.6 Å². The Morgan fingerprint density at radius 3 is 1.86 bits per heavy atom. The van der Waals surface area contributed by atoms with Crippen LogP contribution in [0, 0.1) is 45.3 Å². The fourth-order valence-corrected chi connectivity index (χ4v) is 13.3. The summed E-state index contributed by atoms with van der Waals surface area (Å²) in [6.45, 7) is 23.8. The number of fused-ring (bicyclic) bond motifs is 5. The molecule has 59 heavy (non-hydrogen) atoms. The minimum absolute atomic E-state index is 0.00659. The van der Waals surface area contributed by atoms with E-state index in [2.05, 4.69) is 54.5 Å². The Morgan fingerprint density at radius 1 is 0.712 bits per heavy atom. The van der Waals surface area contributed by atoms with Gasteiger partial charge in [0.05, 0.1) is 11.7 Å². The number of esters is 5. The van der Waals surface area contributed by atoms with Crippen LogP contribution in [0.2, 0.25) is 0 Å². The largest absolute Gasteiger partial charge is 0.463 e. The van der Waals surface area contributed by atoms with E-state index in [1.54, 1.807) is 0 Å². The predicted octanol–water partition coefficient (Wildman–Crippen LogP) is 7.18. The zero-order valence-electron chi connectivity index (χ0n) is 37.8. The maximum Gasteiger partial charge on any atom is 0.303 e. The zero-order valence-corrected chi connectivity index (χ0v) is 37.8. The van der Waals surface area contributed by atoms with Crippen LogP contribution in [-0.4, -0.2) is 90.1 Å². The van der Waals surface area contributed by atoms with Gasteiger partial charge in [-0.1, -0.05) is 46.3 Å². The highest BCUT2D eigenvalue weighted by molar-refractivity contribution is 5.69. The molecule has 0 unspecified atom stereocenters. The first kappa shape index (κ1) is 47.0. The van der Waals surface area contributed by atoms with Crippen LogP contribution in [0.25, 0.3) is 0 Å². The molecule has 5 aliphatic rings. The Balaban J connectivity index is 1.47. The molecule has 5 rings (SSSR count). The molecule has 0 radical (unpaired) electrons. The summed E-state index contributed by atoms with van der Waals surface area (Å²) in [5, 5.41) is 12.1. The summed E-state index contributed by atoms with van der Waals surface area (Å²) in [7, 11) is 0. The van der Waals surface area contributed by atoms with E-state index in [0.717, 1.165) is 38.5 Å². The molecule has 4 saturated carbocycles. The van der Waals surface area contributed by atoms with Crippen LogP contribution in [-0.2, 0) is 57.1 Å². The average molecular weight is 833 g/mol. The molecule has 1 aliphatic heterocycles. The lowest BCUT2D eigenvalue weighted by Crippen LogP contribution is -2.68. The highest BCUT2D eigenvalue weighted by atomic mass is 16.7. The van der Waals surface area contributed by atoms with Gasteiger partial charge in [-0.3, -0.25) is 24.0 Å². The van der Waals surface area contributed by atoms with Gasteiger partial charge < -0.3 is 38.3 Å². The molecule has 0 aromatic carbocycles. The Hall–Kier alpha value is -3.03. The van der Waals surface area contributed by atoms with E-state index < -0.39 is 71.7 Å². The summed E-state index contributed by atoms with van der Waals surface area (Å²) in [5.74, 6) is -2.58. The number of aliphatic hydroxyl groups is 1. The standard InChI is InChI=1S/C46H72O13/c1-25(2)15-14-19-46(13,52)31-16-21-45(12)37(31)32(54-27(4)48)23-35-43(10)20-18-36(42(8,9)34(43)17-22-44(35,45)11)59-41-40(57-30(7)51)39(56-29(6)50)38(55-28(5)49)33(58-41)24-53-26(3)47/h15,31-41,52H,14,16-24H2,1-13H3/t31-,32+,33+,34-,35+,36-,37-,38+,39-,40+,41-,43-,44+,45+,46-/m0/s1. The van der Waals surface area contributed by atoms with Crippen LogP contribution in [0.4, 0.5) is 0 Å². The molecule has 13 heteroatoms. The lowest BCUT2D eigenvalue weighted by molar-refractivity contribution is -0.335. The van der Waals surface area contributed by atoms with Crippen LogP contribution >= 0.6 is 0 Å². The van der Waals surface area contributed by atoms with E-state index in [1.807, 2.05) is 6.92 Å². The van der Waals surface area contributed by atoms with Crippen molar-refractivity contribution in [3.8, 4) is 0 Å². The van der Waals surface area contributed by atoms with E-state index in [4.69, 9.17) is 33.2 Å². The molecular formula is C46H72O13. The van der Waals surface area contributed by atoms with E-state index in [0.29, 0.717) is 19.3 Å².